The number of phenolic OH excluding ortho intramolecular Hbond substituents is 1. The lowest BCUT2D eigenvalue weighted by molar-refractivity contribution is -0.384. The Kier molecular flexibility index (Phi) is 6.33. The van der Waals surface area contributed by atoms with E-state index in [2.05, 4.69) is 15.6 Å². The van der Waals surface area contributed by atoms with E-state index in [1.54, 1.807) is 24.3 Å². The van der Waals surface area contributed by atoms with E-state index < -0.39 is 34.9 Å². The van der Waals surface area contributed by atoms with E-state index in [-0.39, 0.29) is 17.9 Å². The van der Waals surface area contributed by atoms with Crippen LogP contribution in [0.25, 0.3) is 10.9 Å². The molecule has 1 aromatic heterocycles. The fraction of sp³-hybridized carbons (Fsp3) is 0.185. The molecule has 2 heterocycles. The van der Waals surface area contributed by atoms with Gasteiger partial charge in [-0.1, -0.05) is 42.5 Å². The first-order valence-corrected chi connectivity index (χ1v) is 11.7. The number of hydrogen-bond donors (Lipinski definition) is 5. The molecule has 10 heteroatoms. The van der Waals surface area contributed by atoms with E-state index in [1.807, 2.05) is 24.3 Å². The molecular formula is C27H24N4O6. The minimum Gasteiger partial charge on any atom is -0.508 e. The first-order valence-electron chi connectivity index (χ1n) is 11.7. The normalized spacial score (nSPS) is 17.6. The molecule has 0 spiro atoms. The molecule has 4 aromatic rings. The number of amides is 1. The number of hydrogen-bond acceptors (Lipinski definition) is 6. The summed E-state index contributed by atoms with van der Waals surface area (Å²) in [5.41, 5.74) is 4.04. The molecule has 0 bridgehead atoms. The standard InChI is InChI=1S/C27H24N4O6/c32-18-11-5-15(6-12-18)13-23(27(34)35)30-26(33)22-14-20-19-3-1-2-4-21(19)28-25(20)24(29-22)16-7-9-17(10-8-16)31(36)37/h1-12,22-24,28-29,32H,13-14H2,(H,30,33)(H,34,35)/t22-,23-,24+/m0/s1. The number of para-hydroxylation sites is 1. The second-order valence-corrected chi connectivity index (χ2v) is 9.04. The molecule has 5 N–H and O–H groups in total. The van der Waals surface area contributed by atoms with Crippen LogP contribution < -0.4 is 10.6 Å². The molecule has 37 heavy (non-hydrogen) atoms. The van der Waals surface area contributed by atoms with Crippen molar-refractivity contribution in [2.24, 2.45) is 0 Å². The molecule has 1 amide bonds. The monoisotopic (exact) mass is 500 g/mol. The lowest BCUT2D eigenvalue weighted by Gasteiger charge is -2.31. The van der Waals surface area contributed by atoms with Gasteiger partial charge < -0.3 is 20.5 Å². The van der Waals surface area contributed by atoms with Crippen LogP contribution in [0.5, 0.6) is 5.75 Å². The van der Waals surface area contributed by atoms with Crippen LogP contribution in [0.2, 0.25) is 0 Å². The quantitative estimate of drug-likeness (QED) is 0.193. The number of non-ortho nitro benzene ring substituents is 1. The fourth-order valence-electron chi connectivity index (χ4n) is 4.79. The van der Waals surface area contributed by atoms with Gasteiger partial charge in [-0.25, -0.2) is 4.79 Å². The Morgan fingerprint density at radius 3 is 2.43 bits per heavy atom. The van der Waals surface area contributed by atoms with Crippen LogP contribution in [-0.2, 0) is 22.4 Å². The predicted octanol–water partition coefficient (Wildman–Crippen LogP) is 3.20. The highest BCUT2D eigenvalue weighted by Crippen LogP contribution is 2.35. The van der Waals surface area contributed by atoms with Gasteiger partial charge in [-0.05, 0) is 41.3 Å². The Hall–Kier alpha value is -4.70. The molecule has 188 valence electrons. The molecule has 0 saturated heterocycles. The molecule has 0 unspecified atom stereocenters. The highest BCUT2D eigenvalue weighted by atomic mass is 16.6. The molecule has 3 aromatic carbocycles. The Labute approximate surface area is 211 Å². The SMILES string of the molecule is O=C(O)[C@H](Cc1ccc(O)cc1)NC(=O)[C@@H]1Cc2c([nH]c3ccccc23)[C@@H](c2ccc([N+](=O)[O-])cc2)N1. The number of aromatic amines is 1. The minimum atomic E-state index is -1.17. The molecular weight excluding hydrogens is 476 g/mol. The molecule has 0 radical (unpaired) electrons. The lowest BCUT2D eigenvalue weighted by Crippen LogP contribution is -2.54. The Bertz CT molecular complexity index is 1480. The van der Waals surface area contributed by atoms with Crippen LogP contribution in [-0.4, -0.2) is 44.1 Å². The van der Waals surface area contributed by atoms with E-state index in [0.29, 0.717) is 12.0 Å². The molecule has 1 aliphatic heterocycles. The van der Waals surface area contributed by atoms with Crippen molar-refractivity contribution in [2.45, 2.75) is 31.0 Å². The first-order chi connectivity index (χ1) is 17.8. The number of fused-ring (bicyclic) bond motifs is 3. The number of H-pyrrole nitrogens is 1. The van der Waals surface area contributed by atoms with Crippen molar-refractivity contribution in [3.8, 4) is 5.75 Å². The summed E-state index contributed by atoms with van der Waals surface area (Å²) in [4.78, 5) is 39.4. The second-order valence-electron chi connectivity index (χ2n) is 9.04. The number of aromatic hydroxyl groups is 1. The maximum absolute atomic E-state index is 13.4. The Morgan fingerprint density at radius 1 is 1.05 bits per heavy atom. The van der Waals surface area contributed by atoms with E-state index in [0.717, 1.165) is 27.7 Å². The zero-order valence-corrected chi connectivity index (χ0v) is 19.5. The van der Waals surface area contributed by atoms with Crippen LogP contribution in [0.4, 0.5) is 5.69 Å². The van der Waals surface area contributed by atoms with Gasteiger partial charge in [0.15, 0.2) is 0 Å². The van der Waals surface area contributed by atoms with Crippen molar-refractivity contribution >= 4 is 28.5 Å². The molecule has 10 nitrogen and oxygen atoms in total. The van der Waals surface area contributed by atoms with Gasteiger partial charge in [-0.2, -0.15) is 0 Å². The second kappa shape index (κ2) is 9.75. The van der Waals surface area contributed by atoms with Crippen molar-refractivity contribution in [2.75, 3.05) is 0 Å². The summed E-state index contributed by atoms with van der Waals surface area (Å²) >= 11 is 0. The molecule has 0 aliphatic carbocycles. The van der Waals surface area contributed by atoms with Gasteiger partial charge in [-0.15, -0.1) is 0 Å². The lowest BCUT2D eigenvalue weighted by atomic mass is 9.89. The summed E-state index contributed by atoms with van der Waals surface area (Å²) in [7, 11) is 0. The van der Waals surface area contributed by atoms with Gasteiger partial charge in [-0.3, -0.25) is 20.2 Å². The predicted molar refractivity (Wildman–Crippen MR) is 135 cm³/mol. The Morgan fingerprint density at radius 2 is 1.76 bits per heavy atom. The molecule has 1 aliphatic rings. The fourth-order valence-corrected chi connectivity index (χ4v) is 4.79. The van der Waals surface area contributed by atoms with Crippen LogP contribution in [0.15, 0.2) is 72.8 Å². The van der Waals surface area contributed by atoms with Gasteiger partial charge in [0.05, 0.1) is 17.0 Å². The van der Waals surface area contributed by atoms with E-state index >= 15 is 0 Å². The van der Waals surface area contributed by atoms with Crippen LogP contribution in [0.3, 0.4) is 0 Å². The zero-order valence-electron chi connectivity index (χ0n) is 19.5. The third kappa shape index (κ3) is 4.87. The van der Waals surface area contributed by atoms with E-state index in [9.17, 15) is 29.9 Å². The van der Waals surface area contributed by atoms with Crippen LogP contribution in [0.1, 0.15) is 28.4 Å². The first kappa shape index (κ1) is 24.0. The largest absolute Gasteiger partial charge is 0.508 e. The summed E-state index contributed by atoms with van der Waals surface area (Å²) in [6, 6.07) is 17.6. The summed E-state index contributed by atoms with van der Waals surface area (Å²) in [6.07, 6.45) is 0.387. The number of carboxylic acids is 1. The third-order valence-electron chi connectivity index (χ3n) is 6.66. The van der Waals surface area contributed by atoms with E-state index in [4.69, 9.17) is 0 Å². The average molecular weight is 501 g/mol. The van der Waals surface area contributed by atoms with Crippen LogP contribution >= 0.6 is 0 Å². The number of phenols is 1. The van der Waals surface area contributed by atoms with Gasteiger partial charge in [0.1, 0.15) is 11.8 Å². The van der Waals surface area contributed by atoms with E-state index in [1.165, 1.54) is 24.3 Å². The minimum absolute atomic E-state index is 0.0377. The number of aromatic nitrogens is 1. The van der Waals surface area contributed by atoms with Gasteiger partial charge in [0, 0.05) is 35.2 Å². The number of carbonyl (C=O) groups excluding carboxylic acids is 1. The van der Waals surface area contributed by atoms with Crippen LogP contribution in [0, 0.1) is 10.1 Å². The smallest absolute Gasteiger partial charge is 0.326 e. The molecule has 3 atom stereocenters. The van der Waals surface area contributed by atoms with Crippen molar-refractivity contribution < 1.29 is 24.7 Å². The number of carbonyl (C=O) groups is 2. The van der Waals surface area contributed by atoms with Crippen molar-refractivity contribution in [3.05, 3.63) is 105 Å². The number of rotatable bonds is 7. The number of carboxylic acid groups (broad SMARTS) is 1. The number of aliphatic carboxylic acids is 1. The number of nitro groups is 1. The number of nitrogens with one attached hydrogen (secondary N) is 3. The summed E-state index contributed by atoms with van der Waals surface area (Å²) in [6.45, 7) is 0. The van der Waals surface area contributed by atoms with Crippen molar-refractivity contribution in [1.82, 2.24) is 15.6 Å². The number of nitro benzene ring substituents is 1. The number of nitrogens with zero attached hydrogens (tertiary/aromatic N) is 1. The molecule has 0 fully saturated rings. The zero-order chi connectivity index (χ0) is 26.1. The van der Waals surface area contributed by atoms with Gasteiger partial charge >= 0.3 is 5.97 Å². The third-order valence-corrected chi connectivity index (χ3v) is 6.66. The maximum Gasteiger partial charge on any atom is 0.326 e. The van der Waals surface area contributed by atoms with Gasteiger partial charge in [0.25, 0.3) is 5.69 Å². The highest BCUT2D eigenvalue weighted by Gasteiger charge is 2.35. The van der Waals surface area contributed by atoms with Gasteiger partial charge in [0.2, 0.25) is 5.91 Å². The van der Waals surface area contributed by atoms with Crippen molar-refractivity contribution in [1.29, 1.82) is 0 Å². The maximum atomic E-state index is 13.4. The molecule has 5 rings (SSSR count). The topological polar surface area (TPSA) is 158 Å². The highest BCUT2D eigenvalue weighted by molar-refractivity contribution is 5.90. The summed E-state index contributed by atoms with van der Waals surface area (Å²) in [5, 5.41) is 37.3. The number of benzene rings is 3. The van der Waals surface area contributed by atoms with Crippen molar-refractivity contribution in [3.63, 3.8) is 0 Å². The Balaban J connectivity index is 1.44. The summed E-state index contributed by atoms with van der Waals surface area (Å²) in [5.74, 6) is -1.57. The summed E-state index contributed by atoms with van der Waals surface area (Å²) < 4.78 is 0. The average Bonchev–Trinajstić information content (AvgIpc) is 3.27. The molecule has 0 saturated carbocycles.